The molecule has 1 unspecified atom stereocenters. The van der Waals surface area contributed by atoms with Crippen LogP contribution < -0.4 is 0 Å². The van der Waals surface area contributed by atoms with Gasteiger partial charge in [-0.3, -0.25) is 9.64 Å². The second-order valence-corrected chi connectivity index (χ2v) is 2.99. The summed E-state index contributed by atoms with van der Waals surface area (Å²) in [6.45, 7) is 2.31. The van der Waals surface area contributed by atoms with Gasteiger partial charge in [0.2, 0.25) is 0 Å². The average molecular weight is 181 g/mol. The van der Waals surface area contributed by atoms with Crippen molar-refractivity contribution in [3.8, 4) is 0 Å². The summed E-state index contributed by atoms with van der Waals surface area (Å²) < 4.78 is 34.0. The van der Waals surface area contributed by atoms with E-state index in [1.807, 2.05) is 11.9 Å². The topological polar surface area (TPSA) is 21.7 Å². The van der Waals surface area contributed by atoms with E-state index in [-0.39, 0.29) is 0 Å². The Bertz CT molecular complexity index is 149. The van der Waals surface area contributed by atoms with Crippen LogP contribution in [0.25, 0.3) is 0 Å². The van der Waals surface area contributed by atoms with Crippen LogP contribution in [0.2, 0.25) is 0 Å². The van der Waals surface area contributed by atoms with Gasteiger partial charge in [-0.1, -0.05) is 0 Å². The highest BCUT2D eigenvalue weighted by molar-refractivity contribution is 4.61. The fraction of sp³-hybridized carbons (Fsp3) is 1.00. The predicted octanol–water partition coefficient (Wildman–Crippen LogP) is 0.904. The maximum absolute atomic E-state index is 12.3. The summed E-state index contributed by atoms with van der Waals surface area (Å²) in [6.07, 6.45) is -3.91. The number of nitrogens with zero attached hydrogens (tertiary/aromatic N) is 1. The van der Waals surface area contributed by atoms with Crippen molar-refractivity contribution in [1.29, 1.82) is 0 Å². The number of alkyl halides is 2. The first-order valence-corrected chi connectivity index (χ1v) is 3.83. The summed E-state index contributed by atoms with van der Waals surface area (Å²) in [6, 6.07) is 0. The molecule has 1 heterocycles. The Morgan fingerprint density at radius 2 is 2.25 bits per heavy atom. The molecule has 1 rings (SSSR count). The minimum absolute atomic E-state index is 0.392. The summed E-state index contributed by atoms with van der Waals surface area (Å²) in [5.41, 5.74) is 0. The summed E-state index contributed by atoms with van der Waals surface area (Å²) in [5.74, 6) is 0. The molecule has 0 amide bonds. The molecule has 3 nitrogen and oxygen atoms in total. The Labute approximate surface area is 70.2 Å². The van der Waals surface area contributed by atoms with E-state index >= 15 is 0 Å². The van der Waals surface area contributed by atoms with Gasteiger partial charge in [0.15, 0.2) is 6.29 Å². The largest absolute Gasteiger partial charge is 0.355 e. The number of halogens is 2. The van der Waals surface area contributed by atoms with Crippen LogP contribution in [0.5, 0.6) is 0 Å². The lowest BCUT2D eigenvalue weighted by Gasteiger charge is -2.31. The van der Waals surface area contributed by atoms with Crippen molar-refractivity contribution in [1.82, 2.24) is 4.90 Å². The molecule has 0 N–H and O–H groups in total. The van der Waals surface area contributed by atoms with Gasteiger partial charge >= 0.3 is 6.11 Å². The third-order valence-electron chi connectivity index (χ3n) is 1.58. The van der Waals surface area contributed by atoms with Gasteiger partial charge in [-0.15, -0.1) is 0 Å². The van der Waals surface area contributed by atoms with Crippen molar-refractivity contribution in [2.45, 2.75) is 19.3 Å². The van der Waals surface area contributed by atoms with Gasteiger partial charge in [-0.2, -0.15) is 8.78 Å². The van der Waals surface area contributed by atoms with Crippen molar-refractivity contribution in [2.24, 2.45) is 0 Å². The molecule has 1 atom stereocenters. The quantitative estimate of drug-likeness (QED) is 0.631. The van der Waals surface area contributed by atoms with Crippen molar-refractivity contribution in [2.75, 3.05) is 26.7 Å². The molecule has 1 aliphatic heterocycles. The Balaban J connectivity index is 2.32. The van der Waals surface area contributed by atoms with Gasteiger partial charge in [0.25, 0.3) is 0 Å². The van der Waals surface area contributed by atoms with E-state index in [1.54, 1.807) is 0 Å². The van der Waals surface area contributed by atoms with Gasteiger partial charge in [-0.25, -0.2) is 0 Å². The fourth-order valence-corrected chi connectivity index (χ4v) is 1.04. The molecule has 72 valence electrons. The summed E-state index contributed by atoms with van der Waals surface area (Å²) in [5, 5.41) is 0. The van der Waals surface area contributed by atoms with Gasteiger partial charge in [0, 0.05) is 20.0 Å². The van der Waals surface area contributed by atoms with E-state index in [9.17, 15) is 8.78 Å². The van der Waals surface area contributed by atoms with E-state index in [0.717, 1.165) is 6.54 Å². The Morgan fingerprint density at radius 3 is 2.75 bits per heavy atom. The molecule has 0 aromatic rings. The molecule has 5 heteroatoms. The van der Waals surface area contributed by atoms with Crippen LogP contribution in [0.1, 0.15) is 6.92 Å². The van der Waals surface area contributed by atoms with Gasteiger partial charge in [0.05, 0.1) is 6.61 Å². The lowest BCUT2D eigenvalue weighted by atomic mass is 10.4. The van der Waals surface area contributed by atoms with Crippen LogP contribution >= 0.6 is 0 Å². The van der Waals surface area contributed by atoms with Crippen LogP contribution in [0, 0.1) is 0 Å². The molecule has 1 saturated heterocycles. The lowest BCUT2D eigenvalue weighted by Crippen LogP contribution is -2.43. The van der Waals surface area contributed by atoms with Crippen LogP contribution in [-0.4, -0.2) is 44.0 Å². The third kappa shape index (κ3) is 3.42. The molecule has 0 bridgehead atoms. The third-order valence-corrected chi connectivity index (χ3v) is 1.58. The van der Waals surface area contributed by atoms with Crippen LogP contribution in [0.4, 0.5) is 8.78 Å². The first-order valence-electron chi connectivity index (χ1n) is 3.83. The molecule has 0 aromatic heterocycles. The van der Waals surface area contributed by atoms with Crippen molar-refractivity contribution in [3.63, 3.8) is 0 Å². The van der Waals surface area contributed by atoms with Crippen molar-refractivity contribution < 1.29 is 18.3 Å². The average Bonchev–Trinajstić information content (AvgIpc) is 1.82. The summed E-state index contributed by atoms with van der Waals surface area (Å²) in [4.78, 5) is 1.89. The Morgan fingerprint density at radius 1 is 1.58 bits per heavy atom. The predicted molar refractivity (Wildman–Crippen MR) is 38.9 cm³/mol. The standard InChI is InChI=1S/C7H13F2NO2/c1-7(8,9)12-6-5-10(2)3-4-11-6/h6H,3-5H2,1-2H3. The van der Waals surface area contributed by atoms with Crippen LogP contribution in [-0.2, 0) is 9.47 Å². The molecule has 0 saturated carbocycles. The monoisotopic (exact) mass is 181 g/mol. The minimum Gasteiger partial charge on any atom is -0.350 e. The molecular formula is C7H13F2NO2. The molecule has 1 fully saturated rings. The number of hydrogen-bond acceptors (Lipinski definition) is 3. The number of ether oxygens (including phenoxy) is 2. The zero-order chi connectivity index (χ0) is 9.19. The first-order chi connectivity index (χ1) is 5.47. The lowest BCUT2D eigenvalue weighted by molar-refractivity contribution is -0.316. The second kappa shape index (κ2) is 3.64. The van der Waals surface area contributed by atoms with E-state index in [2.05, 4.69) is 4.74 Å². The number of hydrogen-bond donors (Lipinski definition) is 0. The molecule has 12 heavy (non-hydrogen) atoms. The SMILES string of the molecule is CN1CCOC(OC(C)(F)F)C1. The van der Waals surface area contributed by atoms with E-state index in [0.29, 0.717) is 20.1 Å². The Kier molecular flexibility index (Phi) is 2.98. The number of likely N-dealkylation sites (N-methyl/N-ethyl adjacent to an activating group) is 1. The molecular weight excluding hydrogens is 168 g/mol. The Hall–Kier alpha value is -0.260. The minimum atomic E-state index is -3.11. The van der Waals surface area contributed by atoms with Gasteiger partial charge < -0.3 is 4.74 Å². The molecule has 0 radical (unpaired) electrons. The summed E-state index contributed by atoms with van der Waals surface area (Å²) in [7, 11) is 1.84. The second-order valence-electron chi connectivity index (χ2n) is 2.99. The number of morpholine rings is 1. The molecule has 0 aromatic carbocycles. The zero-order valence-electron chi connectivity index (χ0n) is 7.22. The maximum atomic E-state index is 12.3. The molecule has 1 aliphatic rings. The fourth-order valence-electron chi connectivity index (χ4n) is 1.04. The van der Waals surface area contributed by atoms with Gasteiger partial charge in [0.1, 0.15) is 0 Å². The van der Waals surface area contributed by atoms with Crippen molar-refractivity contribution >= 4 is 0 Å². The van der Waals surface area contributed by atoms with Crippen molar-refractivity contribution in [3.05, 3.63) is 0 Å². The van der Waals surface area contributed by atoms with E-state index < -0.39 is 12.4 Å². The van der Waals surface area contributed by atoms with Crippen LogP contribution in [0.15, 0.2) is 0 Å². The molecule has 0 spiro atoms. The highest BCUT2D eigenvalue weighted by Crippen LogP contribution is 2.18. The maximum Gasteiger partial charge on any atom is 0.355 e. The summed E-state index contributed by atoms with van der Waals surface area (Å²) >= 11 is 0. The smallest absolute Gasteiger partial charge is 0.350 e. The molecule has 0 aliphatic carbocycles. The van der Waals surface area contributed by atoms with Gasteiger partial charge in [-0.05, 0) is 7.05 Å². The highest BCUT2D eigenvalue weighted by atomic mass is 19.3. The zero-order valence-corrected chi connectivity index (χ0v) is 7.22. The van der Waals surface area contributed by atoms with E-state index in [1.165, 1.54) is 0 Å². The highest BCUT2D eigenvalue weighted by Gasteiger charge is 2.30. The number of rotatable bonds is 2. The van der Waals surface area contributed by atoms with E-state index in [4.69, 9.17) is 4.74 Å². The normalized spacial score (nSPS) is 27.5. The first kappa shape index (κ1) is 9.83. The van der Waals surface area contributed by atoms with Crippen LogP contribution in [0.3, 0.4) is 0 Å².